The van der Waals surface area contributed by atoms with Crippen LogP contribution in [0.4, 0.5) is 0 Å². The third-order valence-electron chi connectivity index (χ3n) is 2.92. The highest BCUT2D eigenvalue weighted by molar-refractivity contribution is 6.11. The maximum absolute atomic E-state index is 8.77. The predicted molar refractivity (Wildman–Crippen MR) is 75.9 cm³/mol. The highest BCUT2D eigenvalue weighted by Crippen LogP contribution is 2.18. The molecular formula is C16H14N2O2. The van der Waals surface area contributed by atoms with Gasteiger partial charge >= 0.3 is 0 Å². The van der Waals surface area contributed by atoms with Crippen LogP contribution in [0.25, 0.3) is 0 Å². The van der Waals surface area contributed by atoms with Gasteiger partial charge in [-0.25, -0.2) is 0 Å². The molecule has 0 atom stereocenters. The Balaban J connectivity index is 2.05. The van der Waals surface area contributed by atoms with Crippen LogP contribution in [-0.4, -0.2) is 10.9 Å². The van der Waals surface area contributed by atoms with Gasteiger partial charge in [0.05, 0.1) is 0 Å². The molecule has 0 spiro atoms. The number of hydrogen-bond acceptors (Lipinski definition) is 4. The van der Waals surface area contributed by atoms with E-state index in [1.54, 1.807) is 12.1 Å². The Morgan fingerprint density at radius 2 is 1.90 bits per heavy atom. The minimum Gasteiger partial charge on any atom is -0.489 e. The Hall–Kier alpha value is -2.80. The van der Waals surface area contributed by atoms with Crippen LogP contribution in [-0.2, 0) is 6.61 Å². The minimum absolute atomic E-state index is 0.00336. The van der Waals surface area contributed by atoms with Gasteiger partial charge in [0.15, 0.2) is 5.71 Å². The van der Waals surface area contributed by atoms with Crippen LogP contribution in [0.2, 0.25) is 0 Å². The Morgan fingerprint density at radius 3 is 2.50 bits per heavy atom. The van der Waals surface area contributed by atoms with Gasteiger partial charge < -0.3 is 9.94 Å². The Kier molecular flexibility index (Phi) is 4.35. The molecule has 0 amide bonds. The second-order valence-corrected chi connectivity index (χ2v) is 4.31. The van der Waals surface area contributed by atoms with E-state index in [1.165, 1.54) is 0 Å². The molecule has 0 bridgehead atoms. The van der Waals surface area contributed by atoms with Crippen LogP contribution in [0.3, 0.4) is 0 Å². The van der Waals surface area contributed by atoms with Crippen LogP contribution in [0, 0.1) is 18.3 Å². The summed E-state index contributed by atoms with van der Waals surface area (Å²) in [7, 11) is 0. The molecule has 0 saturated carbocycles. The number of oxime groups is 1. The highest BCUT2D eigenvalue weighted by atomic mass is 16.5. The van der Waals surface area contributed by atoms with E-state index in [2.05, 4.69) is 5.16 Å². The lowest BCUT2D eigenvalue weighted by Crippen LogP contribution is -2.00. The molecule has 0 radical (unpaired) electrons. The molecule has 2 aromatic carbocycles. The van der Waals surface area contributed by atoms with E-state index in [-0.39, 0.29) is 5.71 Å². The van der Waals surface area contributed by atoms with Crippen molar-refractivity contribution >= 4 is 5.71 Å². The zero-order valence-corrected chi connectivity index (χ0v) is 11.1. The summed E-state index contributed by atoms with van der Waals surface area (Å²) < 4.78 is 5.73. The van der Waals surface area contributed by atoms with Crippen molar-refractivity contribution in [2.24, 2.45) is 5.16 Å². The van der Waals surface area contributed by atoms with Gasteiger partial charge in [0.1, 0.15) is 18.4 Å². The van der Waals surface area contributed by atoms with Gasteiger partial charge in [0.2, 0.25) is 0 Å². The number of rotatable bonds is 4. The zero-order valence-electron chi connectivity index (χ0n) is 11.1. The van der Waals surface area contributed by atoms with E-state index in [0.717, 1.165) is 16.9 Å². The van der Waals surface area contributed by atoms with Crippen molar-refractivity contribution in [1.29, 1.82) is 5.26 Å². The third kappa shape index (κ3) is 3.15. The lowest BCUT2D eigenvalue weighted by Gasteiger charge is -2.09. The maximum atomic E-state index is 8.77. The standard InChI is InChI=1S/C16H14N2O2/c1-12-4-2-3-5-16(12)20-11-13-6-8-14(9-7-13)15(10-17)18-19/h2-9,19H,11H2,1H3/b18-15-. The van der Waals surface area contributed by atoms with E-state index in [1.807, 2.05) is 49.4 Å². The summed E-state index contributed by atoms with van der Waals surface area (Å²) >= 11 is 0. The molecule has 0 aromatic heterocycles. The smallest absolute Gasteiger partial charge is 0.186 e. The van der Waals surface area contributed by atoms with Crippen molar-refractivity contribution in [3.8, 4) is 11.8 Å². The number of nitrogens with zero attached hydrogens (tertiary/aromatic N) is 2. The average molecular weight is 266 g/mol. The van der Waals surface area contributed by atoms with Crippen molar-refractivity contribution in [3.05, 3.63) is 65.2 Å². The number of benzene rings is 2. The van der Waals surface area contributed by atoms with Gasteiger partial charge in [0, 0.05) is 5.56 Å². The van der Waals surface area contributed by atoms with Crippen LogP contribution in [0.5, 0.6) is 5.75 Å². The number of hydrogen-bond donors (Lipinski definition) is 1. The maximum Gasteiger partial charge on any atom is 0.186 e. The Morgan fingerprint density at radius 1 is 1.20 bits per heavy atom. The van der Waals surface area contributed by atoms with E-state index >= 15 is 0 Å². The summed E-state index contributed by atoms with van der Waals surface area (Å²) in [6.07, 6.45) is 0. The summed E-state index contributed by atoms with van der Waals surface area (Å²) in [6.45, 7) is 2.44. The molecule has 0 fully saturated rings. The summed E-state index contributed by atoms with van der Waals surface area (Å²) in [5.41, 5.74) is 2.64. The van der Waals surface area contributed by atoms with E-state index in [0.29, 0.717) is 12.2 Å². The summed E-state index contributed by atoms with van der Waals surface area (Å²) in [6, 6.07) is 16.8. The van der Waals surface area contributed by atoms with Gasteiger partial charge in [-0.05, 0) is 24.1 Å². The second-order valence-electron chi connectivity index (χ2n) is 4.31. The number of nitriles is 1. The first-order valence-corrected chi connectivity index (χ1v) is 6.14. The first-order chi connectivity index (χ1) is 9.74. The van der Waals surface area contributed by atoms with Gasteiger partial charge in [-0.2, -0.15) is 5.26 Å². The van der Waals surface area contributed by atoms with Gasteiger partial charge in [-0.15, -0.1) is 0 Å². The van der Waals surface area contributed by atoms with E-state index in [4.69, 9.17) is 15.2 Å². The van der Waals surface area contributed by atoms with Crippen LogP contribution < -0.4 is 4.74 Å². The molecule has 0 heterocycles. The van der Waals surface area contributed by atoms with Crippen molar-refractivity contribution in [1.82, 2.24) is 0 Å². The van der Waals surface area contributed by atoms with E-state index in [9.17, 15) is 0 Å². The zero-order chi connectivity index (χ0) is 14.4. The fourth-order valence-corrected chi connectivity index (χ4v) is 1.78. The largest absolute Gasteiger partial charge is 0.489 e. The topological polar surface area (TPSA) is 65.6 Å². The molecule has 20 heavy (non-hydrogen) atoms. The summed E-state index contributed by atoms with van der Waals surface area (Å²) in [5, 5.41) is 20.4. The lowest BCUT2D eigenvalue weighted by atomic mass is 10.1. The Labute approximate surface area is 117 Å². The van der Waals surface area contributed by atoms with Crippen molar-refractivity contribution in [2.75, 3.05) is 0 Å². The molecule has 0 aliphatic carbocycles. The molecule has 4 nitrogen and oxygen atoms in total. The first kappa shape index (κ1) is 13.6. The fourth-order valence-electron chi connectivity index (χ4n) is 1.78. The second kappa shape index (κ2) is 6.39. The summed E-state index contributed by atoms with van der Waals surface area (Å²) in [4.78, 5) is 0. The van der Waals surface area contributed by atoms with Crippen LogP contribution in [0.1, 0.15) is 16.7 Å². The quantitative estimate of drug-likeness (QED) is 0.524. The molecule has 0 unspecified atom stereocenters. The molecule has 100 valence electrons. The highest BCUT2D eigenvalue weighted by Gasteiger charge is 2.03. The van der Waals surface area contributed by atoms with Gasteiger partial charge in [0.25, 0.3) is 0 Å². The summed E-state index contributed by atoms with van der Waals surface area (Å²) in [5.74, 6) is 0.853. The predicted octanol–water partition coefficient (Wildman–Crippen LogP) is 3.28. The van der Waals surface area contributed by atoms with Gasteiger partial charge in [-0.1, -0.05) is 47.6 Å². The van der Waals surface area contributed by atoms with Crippen molar-refractivity contribution < 1.29 is 9.94 Å². The van der Waals surface area contributed by atoms with E-state index < -0.39 is 0 Å². The average Bonchev–Trinajstić information content (AvgIpc) is 2.49. The van der Waals surface area contributed by atoms with Gasteiger partial charge in [-0.3, -0.25) is 0 Å². The van der Waals surface area contributed by atoms with Crippen LogP contribution >= 0.6 is 0 Å². The molecule has 1 N–H and O–H groups in total. The SMILES string of the molecule is Cc1ccccc1OCc1ccc(/C(C#N)=N\O)cc1. The number of para-hydroxylation sites is 1. The first-order valence-electron chi connectivity index (χ1n) is 6.14. The molecule has 4 heteroatoms. The lowest BCUT2D eigenvalue weighted by molar-refractivity contribution is 0.304. The molecule has 0 aliphatic heterocycles. The monoisotopic (exact) mass is 266 g/mol. The molecule has 0 aliphatic rings. The van der Waals surface area contributed by atoms with Crippen molar-refractivity contribution in [2.45, 2.75) is 13.5 Å². The molecular weight excluding hydrogens is 252 g/mol. The number of aryl methyl sites for hydroxylation is 1. The molecule has 0 saturated heterocycles. The Bertz CT molecular complexity index is 655. The number of ether oxygens (including phenoxy) is 1. The fraction of sp³-hybridized carbons (Fsp3) is 0.125. The minimum atomic E-state index is -0.00336. The third-order valence-corrected chi connectivity index (χ3v) is 2.92. The molecule has 2 aromatic rings. The molecule has 2 rings (SSSR count). The normalized spacial score (nSPS) is 10.9. The van der Waals surface area contributed by atoms with Crippen molar-refractivity contribution in [3.63, 3.8) is 0 Å². The van der Waals surface area contributed by atoms with Crippen LogP contribution in [0.15, 0.2) is 53.7 Å².